The van der Waals surface area contributed by atoms with Crippen molar-refractivity contribution < 1.29 is 4.79 Å². The van der Waals surface area contributed by atoms with Crippen LogP contribution in [0.4, 0.5) is 0 Å². The molecule has 1 saturated heterocycles. The molecule has 2 aliphatic rings. The van der Waals surface area contributed by atoms with Crippen LogP contribution in [0, 0.1) is 0 Å². The normalized spacial score (nSPS) is 18.5. The van der Waals surface area contributed by atoms with Crippen LogP contribution in [0.15, 0.2) is 35.6 Å². The Bertz CT molecular complexity index is 999. The van der Waals surface area contributed by atoms with Crippen molar-refractivity contribution in [2.45, 2.75) is 55.5 Å². The first-order valence-electron chi connectivity index (χ1n) is 10.2. The maximum absolute atomic E-state index is 12.9. The van der Waals surface area contributed by atoms with Crippen molar-refractivity contribution in [3.8, 4) is 11.4 Å². The van der Waals surface area contributed by atoms with Gasteiger partial charge in [-0.25, -0.2) is 0 Å². The van der Waals surface area contributed by atoms with Crippen LogP contribution < -0.4 is 0 Å². The average molecular weight is 396 g/mol. The summed E-state index contributed by atoms with van der Waals surface area (Å²) in [5.74, 6) is 1.13. The maximum Gasteiger partial charge on any atom is 0.235 e. The Morgan fingerprint density at radius 1 is 1.18 bits per heavy atom. The molecule has 1 saturated carbocycles. The molecular weight excluding hydrogens is 370 g/mol. The van der Waals surface area contributed by atoms with Gasteiger partial charge in [-0.05, 0) is 45.1 Å². The van der Waals surface area contributed by atoms with Crippen molar-refractivity contribution in [2.75, 3.05) is 13.1 Å². The number of nitrogens with one attached hydrogen (secondary N) is 1. The Morgan fingerprint density at radius 3 is 2.75 bits per heavy atom. The van der Waals surface area contributed by atoms with Crippen molar-refractivity contribution in [3.63, 3.8) is 0 Å². The highest BCUT2D eigenvalue weighted by Crippen LogP contribution is 2.43. The molecule has 0 bridgehead atoms. The molecule has 2 aromatic heterocycles. The fraction of sp³-hybridized carbons (Fsp3) is 0.476. The SMILES string of the molecule is C[C@@H](Sc1nnc(-c2c[nH]c3ccccc23)n1C1CC1)C(=O)N1CCCCC1. The summed E-state index contributed by atoms with van der Waals surface area (Å²) < 4.78 is 2.25. The predicted molar refractivity (Wildman–Crippen MR) is 111 cm³/mol. The highest BCUT2D eigenvalue weighted by atomic mass is 32.2. The van der Waals surface area contributed by atoms with E-state index in [0.29, 0.717) is 6.04 Å². The van der Waals surface area contributed by atoms with Gasteiger partial charge in [0, 0.05) is 41.8 Å². The lowest BCUT2D eigenvalue weighted by molar-refractivity contribution is -0.131. The number of likely N-dealkylation sites (tertiary alicyclic amines) is 1. The predicted octanol–water partition coefficient (Wildman–Crippen LogP) is 4.25. The third-order valence-corrected chi connectivity index (χ3v) is 6.75. The lowest BCUT2D eigenvalue weighted by atomic mass is 10.1. The van der Waals surface area contributed by atoms with Gasteiger partial charge in [-0.15, -0.1) is 10.2 Å². The number of aromatic nitrogens is 4. The van der Waals surface area contributed by atoms with Gasteiger partial charge in [-0.2, -0.15) is 0 Å². The van der Waals surface area contributed by atoms with Gasteiger partial charge in [0.2, 0.25) is 5.91 Å². The van der Waals surface area contributed by atoms with Gasteiger partial charge >= 0.3 is 0 Å². The van der Waals surface area contributed by atoms with E-state index in [4.69, 9.17) is 0 Å². The average Bonchev–Trinajstić information content (AvgIpc) is 3.35. The Morgan fingerprint density at radius 2 is 1.96 bits per heavy atom. The zero-order valence-corrected chi connectivity index (χ0v) is 16.9. The Kier molecular flexibility index (Phi) is 4.62. The Hall–Kier alpha value is -2.28. The van der Waals surface area contributed by atoms with E-state index < -0.39 is 0 Å². The summed E-state index contributed by atoms with van der Waals surface area (Å²) >= 11 is 1.55. The molecule has 0 radical (unpaired) electrons. The van der Waals surface area contributed by atoms with Crippen LogP contribution in [0.2, 0.25) is 0 Å². The lowest BCUT2D eigenvalue weighted by Gasteiger charge is -2.28. The summed E-state index contributed by atoms with van der Waals surface area (Å²) in [5, 5.41) is 10.9. The number of para-hydroxylation sites is 1. The summed E-state index contributed by atoms with van der Waals surface area (Å²) in [6, 6.07) is 8.71. The number of thioether (sulfide) groups is 1. The highest BCUT2D eigenvalue weighted by Gasteiger charge is 2.33. The number of H-pyrrole nitrogens is 1. The smallest absolute Gasteiger partial charge is 0.235 e. The number of nitrogens with zero attached hydrogens (tertiary/aromatic N) is 4. The molecule has 1 N–H and O–H groups in total. The number of amides is 1. The molecule has 0 spiro atoms. The molecular formula is C21H25N5OS. The first kappa shape index (κ1) is 17.8. The van der Waals surface area contributed by atoms with Crippen LogP contribution in [-0.4, -0.2) is 48.9 Å². The number of carbonyl (C=O) groups excluding carboxylic acids is 1. The number of piperidine rings is 1. The number of aromatic amines is 1. The van der Waals surface area contributed by atoms with Gasteiger partial charge in [0.15, 0.2) is 11.0 Å². The summed E-state index contributed by atoms with van der Waals surface area (Å²) in [6.07, 6.45) is 7.78. The summed E-state index contributed by atoms with van der Waals surface area (Å²) in [4.78, 5) is 18.2. The molecule has 0 unspecified atom stereocenters. The fourth-order valence-electron chi connectivity index (χ4n) is 4.04. The molecule has 1 atom stereocenters. The van der Waals surface area contributed by atoms with E-state index in [1.807, 2.05) is 30.2 Å². The monoisotopic (exact) mass is 395 g/mol. The van der Waals surface area contributed by atoms with E-state index in [9.17, 15) is 4.79 Å². The van der Waals surface area contributed by atoms with Crippen molar-refractivity contribution >= 4 is 28.6 Å². The van der Waals surface area contributed by atoms with Gasteiger partial charge in [0.25, 0.3) is 0 Å². The third kappa shape index (κ3) is 3.21. The largest absolute Gasteiger partial charge is 0.360 e. The number of benzene rings is 1. The van der Waals surface area contributed by atoms with Crippen molar-refractivity contribution in [1.29, 1.82) is 0 Å². The molecule has 1 amide bonds. The number of fused-ring (bicyclic) bond motifs is 1. The van der Waals surface area contributed by atoms with E-state index >= 15 is 0 Å². The topological polar surface area (TPSA) is 66.8 Å². The molecule has 5 rings (SSSR count). The second-order valence-electron chi connectivity index (χ2n) is 7.80. The van der Waals surface area contributed by atoms with Crippen LogP contribution in [0.3, 0.4) is 0 Å². The van der Waals surface area contributed by atoms with Crippen molar-refractivity contribution in [2.24, 2.45) is 0 Å². The van der Waals surface area contributed by atoms with Crippen molar-refractivity contribution in [3.05, 3.63) is 30.5 Å². The molecule has 1 aliphatic heterocycles. The molecule has 28 heavy (non-hydrogen) atoms. The standard InChI is InChI=1S/C21H25N5OS/c1-14(20(27)25-11-5-2-6-12-25)28-21-24-23-19(26(21)15-9-10-15)17-13-22-18-8-4-3-7-16(17)18/h3-4,7-8,13-15,22H,2,5-6,9-12H2,1H3/t14-/m1/s1. The van der Waals surface area contributed by atoms with E-state index in [1.54, 1.807) is 11.8 Å². The molecule has 3 aromatic rings. The zero-order valence-electron chi connectivity index (χ0n) is 16.1. The summed E-state index contributed by atoms with van der Waals surface area (Å²) in [7, 11) is 0. The summed E-state index contributed by atoms with van der Waals surface area (Å²) in [5.41, 5.74) is 2.18. The fourth-order valence-corrected chi connectivity index (χ4v) is 5.04. The minimum Gasteiger partial charge on any atom is -0.360 e. The third-order valence-electron chi connectivity index (χ3n) is 5.70. The Balaban J connectivity index is 1.44. The number of hydrogen-bond acceptors (Lipinski definition) is 4. The van der Waals surface area contributed by atoms with Gasteiger partial charge < -0.3 is 9.88 Å². The minimum absolute atomic E-state index is 0.143. The van der Waals surface area contributed by atoms with Gasteiger partial charge in [0.1, 0.15) is 0 Å². The Labute approximate surface area is 168 Å². The second kappa shape index (κ2) is 7.28. The molecule has 2 fully saturated rings. The van der Waals surface area contributed by atoms with Crippen LogP contribution in [0.5, 0.6) is 0 Å². The van der Waals surface area contributed by atoms with Crippen LogP contribution in [-0.2, 0) is 4.79 Å². The minimum atomic E-state index is -0.143. The first-order chi connectivity index (χ1) is 13.7. The molecule has 1 aromatic carbocycles. The van der Waals surface area contributed by atoms with Crippen LogP contribution >= 0.6 is 11.8 Å². The quantitative estimate of drug-likeness (QED) is 0.656. The van der Waals surface area contributed by atoms with E-state index in [0.717, 1.165) is 66.2 Å². The highest BCUT2D eigenvalue weighted by molar-refractivity contribution is 8.00. The van der Waals surface area contributed by atoms with E-state index in [1.165, 1.54) is 6.42 Å². The van der Waals surface area contributed by atoms with Gasteiger partial charge in [0.05, 0.1) is 5.25 Å². The summed E-state index contributed by atoms with van der Waals surface area (Å²) in [6.45, 7) is 3.78. The number of rotatable bonds is 5. The number of hydrogen-bond donors (Lipinski definition) is 1. The van der Waals surface area contributed by atoms with Gasteiger partial charge in [-0.1, -0.05) is 30.0 Å². The molecule has 3 heterocycles. The second-order valence-corrected chi connectivity index (χ2v) is 9.11. The van der Waals surface area contributed by atoms with Gasteiger partial charge in [-0.3, -0.25) is 9.36 Å². The first-order valence-corrected chi connectivity index (χ1v) is 11.1. The van der Waals surface area contributed by atoms with Crippen LogP contribution in [0.1, 0.15) is 45.1 Å². The molecule has 6 nitrogen and oxygen atoms in total. The van der Waals surface area contributed by atoms with Crippen molar-refractivity contribution in [1.82, 2.24) is 24.6 Å². The molecule has 1 aliphatic carbocycles. The zero-order chi connectivity index (χ0) is 19.1. The maximum atomic E-state index is 12.9. The van der Waals surface area contributed by atoms with Crippen LogP contribution in [0.25, 0.3) is 22.3 Å². The molecule has 7 heteroatoms. The number of carbonyl (C=O) groups is 1. The van der Waals surface area contributed by atoms with E-state index in [2.05, 4.69) is 31.9 Å². The van der Waals surface area contributed by atoms with E-state index in [-0.39, 0.29) is 11.2 Å². The molecule has 146 valence electrons. The lowest BCUT2D eigenvalue weighted by Crippen LogP contribution is -2.40.